The third-order valence-electron chi connectivity index (χ3n) is 3.33. The molecule has 0 bridgehead atoms. The van der Waals surface area contributed by atoms with Gasteiger partial charge in [-0.2, -0.15) is 5.10 Å². The fourth-order valence-corrected chi connectivity index (χ4v) is 2.23. The minimum Gasteiger partial charge on any atom is -0.311 e. The number of aryl methyl sites for hydroxylation is 2. The first-order valence-electron chi connectivity index (χ1n) is 7.84. The number of nitrogens with zero attached hydrogens (tertiary/aromatic N) is 4. The average Bonchev–Trinajstić information content (AvgIpc) is 2.90. The highest BCUT2D eigenvalue weighted by molar-refractivity contribution is 5.12. The molecule has 114 valence electrons. The maximum atomic E-state index is 4.70. The van der Waals surface area contributed by atoms with E-state index in [1.165, 1.54) is 0 Å². The predicted molar refractivity (Wildman–Crippen MR) is 84.1 cm³/mol. The fourth-order valence-electron chi connectivity index (χ4n) is 2.23. The lowest BCUT2D eigenvalue weighted by Gasteiger charge is -2.07. The van der Waals surface area contributed by atoms with Crippen LogP contribution < -0.4 is 5.32 Å². The minimum atomic E-state index is 0.692. The molecule has 2 aromatic heterocycles. The Kier molecular flexibility index (Phi) is 5.87. The van der Waals surface area contributed by atoms with E-state index in [1.54, 1.807) is 0 Å². The van der Waals surface area contributed by atoms with Gasteiger partial charge in [0.25, 0.3) is 0 Å². The van der Waals surface area contributed by atoms with Crippen LogP contribution in [0, 0.1) is 0 Å². The lowest BCUT2D eigenvalue weighted by atomic mass is 10.3. The second kappa shape index (κ2) is 7.88. The van der Waals surface area contributed by atoms with Gasteiger partial charge in [0.05, 0.1) is 17.9 Å². The van der Waals surface area contributed by atoms with Crippen molar-refractivity contribution in [1.29, 1.82) is 0 Å². The Morgan fingerprint density at radius 2 is 1.86 bits per heavy atom. The molecule has 2 aromatic rings. The summed E-state index contributed by atoms with van der Waals surface area (Å²) in [6.07, 6.45) is 2.90. The molecule has 5 heteroatoms. The van der Waals surface area contributed by atoms with Crippen molar-refractivity contribution < 1.29 is 0 Å². The predicted octanol–water partition coefficient (Wildman–Crippen LogP) is 2.35. The standard InChI is InChI=1S/C16H25N5/c1-4-10-17-11-13-8-7-9-14(18-13)12-21-16(6-3)19-15(5-2)20-21/h7-9,17H,4-6,10-12H2,1-3H3. The van der Waals surface area contributed by atoms with Gasteiger partial charge < -0.3 is 5.32 Å². The largest absolute Gasteiger partial charge is 0.311 e. The van der Waals surface area contributed by atoms with Gasteiger partial charge in [0, 0.05) is 19.4 Å². The van der Waals surface area contributed by atoms with Crippen LogP contribution in [0.4, 0.5) is 0 Å². The van der Waals surface area contributed by atoms with Crippen LogP contribution in [0.2, 0.25) is 0 Å². The summed E-state index contributed by atoms with van der Waals surface area (Å²) in [7, 11) is 0. The van der Waals surface area contributed by atoms with Crippen LogP contribution in [0.15, 0.2) is 18.2 Å². The first kappa shape index (κ1) is 15.6. The van der Waals surface area contributed by atoms with Crippen LogP contribution in [0.25, 0.3) is 0 Å². The summed E-state index contributed by atoms with van der Waals surface area (Å²) in [6.45, 7) is 8.89. The van der Waals surface area contributed by atoms with Crippen LogP contribution in [0.3, 0.4) is 0 Å². The highest BCUT2D eigenvalue weighted by Crippen LogP contribution is 2.06. The molecule has 21 heavy (non-hydrogen) atoms. The van der Waals surface area contributed by atoms with Crippen molar-refractivity contribution in [3.05, 3.63) is 41.2 Å². The Hall–Kier alpha value is -1.75. The summed E-state index contributed by atoms with van der Waals surface area (Å²) in [5.74, 6) is 1.94. The van der Waals surface area contributed by atoms with E-state index >= 15 is 0 Å². The van der Waals surface area contributed by atoms with Gasteiger partial charge in [0.15, 0.2) is 5.82 Å². The van der Waals surface area contributed by atoms with Gasteiger partial charge in [-0.15, -0.1) is 0 Å². The van der Waals surface area contributed by atoms with Crippen molar-refractivity contribution in [2.24, 2.45) is 0 Å². The lowest BCUT2D eigenvalue weighted by molar-refractivity contribution is 0.617. The first-order valence-corrected chi connectivity index (χ1v) is 7.84. The molecule has 0 aromatic carbocycles. The van der Waals surface area contributed by atoms with Crippen molar-refractivity contribution in [3.8, 4) is 0 Å². The second-order valence-corrected chi connectivity index (χ2v) is 5.11. The first-order chi connectivity index (χ1) is 10.3. The third kappa shape index (κ3) is 4.36. The number of pyridine rings is 1. The molecule has 1 N–H and O–H groups in total. The molecule has 0 aliphatic heterocycles. The summed E-state index contributed by atoms with van der Waals surface area (Å²) in [5.41, 5.74) is 2.11. The van der Waals surface area contributed by atoms with Gasteiger partial charge in [-0.05, 0) is 25.1 Å². The third-order valence-corrected chi connectivity index (χ3v) is 3.33. The molecule has 0 radical (unpaired) electrons. The quantitative estimate of drug-likeness (QED) is 0.757. The highest BCUT2D eigenvalue weighted by Gasteiger charge is 2.08. The Morgan fingerprint density at radius 3 is 2.57 bits per heavy atom. The number of rotatable bonds is 8. The van der Waals surface area contributed by atoms with E-state index in [-0.39, 0.29) is 0 Å². The normalized spacial score (nSPS) is 11.0. The molecule has 0 aliphatic carbocycles. The highest BCUT2D eigenvalue weighted by atomic mass is 15.3. The summed E-state index contributed by atoms with van der Waals surface area (Å²) < 4.78 is 1.98. The summed E-state index contributed by atoms with van der Waals surface area (Å²) in [4.78, 5) is 9.24. The maximum absolute atomic E-state index is 4.70. The number of hydrogen-bond acceptors (Lipinski definition) is 4. The van der Waals surface area contributed by atoms with E-state index in [2.05, 4.69) is 54.4 Å². The van der Waals surface area contributed by atoms with Crippen molar-refractivity contribution in [2.75, 3.05) is 6.54 Å². The van der Waals surface area contributed by atoms with Crippen molar-refractivity contribution in [3.63, 3.8) is 0 Å². The molecule has 0 aliphatic rings. The van der Waals surface area contributed by atoms with Crippen LogP contribution in [-0.2, 0) is 25.9 Å². The zero-order valence-corrected chi connectivity index (χ0v) is 13.3. The molecule has 0 saturated carbocycles. The van der Waals surface area contributed by atoms with Gasteiger partial charge >= 0.3 is 0 Å². The molecule has 5 nitrogen and oxygen atoms in total. The Balaban J connectivity index is 2.08. The Bertz CT molecular complexity index is 562. The summed E-state index contributed by atoms with van der Waals surface area (Å²) in [6, 6.07) is 6.18. The van der Waals surface area contributed by atoms with Crippen LogP contribution in [-0.4, -0.2) is 26.3 Å². The maximum Gasteiger partial charge on any atom is 0.150 e. The Morgan fingerprint density at radius 1 is 1.05 bits per heavy atom. The van der Waals surface area contributed by atoms with Gasteiger partial charge in [-0.1, -0.05) is 26.8 Å². The molecule has 0 unspecified atom stereocenters. The van der Waals surface area contributed by atoms with Crippen molar-refractivity contribution in [2.45, 2.75) is 53.1 Å². The van der Waals surface area contributed by atoms with Crippen molar-refractivity contribution >= 4 is 0 Å². The van der Waals surface area contributed by atoms with E-state index in [0.29, 0.717) is 6.54 Å². The SMILES string of the molecule is CCCNCc1cccc(Cn2nc(CC)nc2CC)n1. The summed E-state index contributed by atoms with van der Waals surface area (Å²) in [5, 5.41) is 7.93. The number of aromatic nitrogens is 4. The molecular weight excluding hydrogens is 262 g/mol. The van der Waals surface area contributed by atoms with Gasteiger partial charge in [0.1, 0.15) is 5.82 Å². The van der Waals surface area contributed by atoms with E-state index in [4.69, 9.17) is 4.98 Å². The van der Waals surface area contributed by atoms with Crippen molar-refractivity contribution in [1.82, 2.24) is 25.1 Å². The topological polar surface area (TPSA) is 55.6 Å². The van der Waals surface area contributed by atoms with Gasteiger partial charge in [-0.3, -0.25) is 4.98 Å². The average molecular weight is 287 g/mol. The van der Waals surface area contributed by atoms with Crippen LogP contribution >= 0.6 is 0 Å². The molecular formula is C16H25N5. The van der Waals surface area contributed by atoms with Gasteiger partial charge in [-0.25, -0.2) is 9.67 Å². The molecule has 0 spiro atoms. The van der Waals surface area contributed by atoms with E-state index < -0.39 is 0 Å². The molecule has 0 atom stereocenters. The smallest absolute Gasteiger partial charge is 0.150 e. The second-order valence-electron chi connectivity index (χ2n) is 5.11. The molecule has 0 amide bonds. The zero-order chi connectivity index (χ0) is 15.1. The number of hydrogen-bond donors (Lipinski definition) is 1. The monoisotopic (exact) mass is 287 g/mol. The van der Waals surface area contributed by atoms with E-state index in [9.17, 15) is 0 Å². The van der Waals surface area contributed by atoms with E-state index in [1.807, 2.05) is 4.68 Å². The van der Waals surface area contributed by atoms with Crippen LogP contribution in [0.5, 0.6) is 0 Å². The summed E-state index contributed by atoms with van der Waals surface area (Å²) >= 11 is 0. The minimum absolute atomic E-state index is 0.692. The van der Waals surface area contributed by atoms with Gasteiger partial charge in [0.2, 0.25) is 0 Å². The van der Waals surface area contributed by atoms with E-state index in [0.717, 1.165) is 55.4 Å². The Labute approximate surface area is 126 Å². The molecule has 0 fully saturated rings. The van der Waals surface area contributed by atoms with Crippen LogP contribution in [0.1, 0.15) is 50.2 Å². The lowest BCUT2D eigenvalue weighted by Crippen LogP contribution is -2.16. The molecule has 2 rings (SSSR count). The molecule has 0 saturated heterocycles. The number of nitrogens with one attached hydrogen (secondary N) is 1. The molecule has 2 heterocycles. The fraction of sp³-hybridized carbons (Fsp3) is 0.562. The zero-order valence-electron chi connectivity index (χ0n) is 13.3.